The lowest BCUT2D eigenvalue weighted by Crippen LogP contribution is -2.04. The molecule has 0 fully saturated rings. The molecular formula is C12H15N3S. The number of nitrogen functional groups attached to an aromatic ring is 1. The van der Waals surface area contributed by atoms with Crippen LogP contribution in [0.5, 0.6) is 0 Å². The predicted molar refractivity (Wildman–Crippen MR) is 73.0 cm³/mol. The van der Waals surface area contributed by atoms with Crippen LogP contribution in [0, 0.1) is 0 Å². The van der Waals surface area contributed by atoms with Gasteiger partial charge in [-0.05, 0) is 30.5 Å². The Morgan fingerprint density at radius 3 is 3.06 bits per heavy atom. The van der Waals surface area contributed by atoms with Crippen LogP contribution in [0.2, 0.25) is 0 Å². The van der Waals surface area contributed by atoms with Crippen molar-refractivity contribution in [1.29, 1.82) is 0 Å². The number of pyridine rings is 1. The number of hydrogen-bond donors (Lipinski definition) is 2. The van der Waals surface area contributed by atoms with Gasteiger partial charge in [-0.3, -0.25) is 4.98 Å². The quantitative estimate of drug-likeness (QED) is 0.629. The van der Waals surface area contributed by atoms with Crippen molar-refractivity contribution < 1.29 is 0 Å². The fraction of sp³-hybridized carbons (Fsp3) is 0.250. The van der Waals surface area contributed by atoms with E-state index in [9.17, 15) is 0 Å². The maximum Gasteiger partial charge on any atom is 0.0743 e. The molecule has 1 aromatic heterocycles. The summed E-state index contributed by atoms with van der Waals surface area (Å²) < 4.78 is 0. The zero-order valence-corrected chi connectivity index (χ0v) is 10.1. The highest BCUT2D eigenvalue weighted by molar-refractivity contribution is 7.98. The normalized spacial score (nSPS) is 10.6. The Hall–Kier alpha value is -1.42. The first-order valence-electron chi connectivity index (χ1n) is 5.18. The molecule has 1 aromatic carbocycles. The van der Waals surface area contributed by atoms with Gasteiger partial charge in [0.1, 0.15) is 0 Å². The van der Waals surface area contributed by atoms with E-state index in [0.717, 1.165) is 34.6 Å². The van der Waals surface area contributed by atoms with Gasteiger partial charge in [-0.1, -0.05) is 0 Å². The van der Waals surface area contributed by atoms with Crippen molar-refractivity contribution in [2.45, 2.75) is 0 Å². The average molecular weight is 233 g/mol. The number of thioether (sulfide) groups is 1. The minimum absolute atomic E-state index is 0.751. The summed E-state index contributed by atoms with van der Waals surface area (Å²) in [4.78, 5) is 4.31. The van der Waals surface area contributed by atoms with Gasteiger partial charge in [0, 0.05) is 35.3 Å². The van der Waals surface area contributed by atoms with Crippen molar-refractivity contribution in [2.75, 3.05) is 29.6 Å². The van der Waals surface area contributed by atoms with Crippen molar-refractivity contribution in [3.63, 3.8) is 0 Å². The van der Waals surface area contributed by atoms with E-state index in [1.165, 1.54) is 0 Å². The van der Waals surface area contributed by atoms with Crippen molar-refractivity contribution in [3.8, 4) is 0 Å². The molecule has 16 heavy (non-hydrogen) atoms. The van der Waals surface area contributed by atoms with E-state index in [-0.39, 0.29) is 0 Å². The summed E-state index contributed by atoms with van der Waals surface area (Å²) in [5.74, 6) is 1.10. The van der Waals surface area contributed by atoms with E-state index in [1.54, 1.807) is 0 Å². The van der Waals surface area contributed by atoms with E-state index in [1.807, 2.05) is 42.2 Å². The van der Waals surface area contributed by atoms with Crippen LogP contribution in [0.1, 0.15) is 0 Å². The van der Waals surface area contributed by atoms with Gasteiger partial charge in [0.25, 0.3) is 0 Å². The largest absolute Gasteiger partial charge is 0.399 e. The molecule has 0 radical (unpaired) electrons. The molecule has 0 aliphatic heterocycles. The summed E-state index contributed by atoms with van der Waals surface area (Å²) in [5.41, 5.74) is 8.55. The lowest BCUT2D eigenvalue weighted by Gasteiger charge is -2.08. The summed E-state index contributed by atoms with van der Waals surface area (Å²) in [7, 11) is 0. The number of rotatable bonds is 4. The highest BCUT2D eigenvalue weighted by Gasteiger charge is 2.01. The molecule has 0 spiro atoms. The Kier molecular flexibility index (Phi) is 3.51. The van der Waals surface area contributed by atoms with Crippen LogP contribution < -0.4 is 11.1 Å². The zero-order chi connectivity index (χ0) is 11.4. The van der Waals surface area contributed by atoms with Gasteiger partial charge in [-0.25, -0.2) is 0 Å². The van der Waals surface area contributed by atoms with Crippen LogP contribution in [0.3, 0.4) is 0 Å². The molecule has 0 aliphatic rings. The lowest BCUT2D eigenvalue weighted by atomic mass is 10.1. The molecule has 3 N–H and O–H groups in total. The van der Waals surface area contributed by atoms with Crippen molar-refractivity contribution in [3.05, 3.63) is 30.5 Å². The second-order valence-corrected chi connectivity index (χ2v) is 4.54. The Balaban J connectivity index is 2.30. The van der Waals surface area contributed by atoms with E-state index in [0.29, 0.717) is 0 Å². The smallest absolute Gasteiger partial charge is 0.0743 e. The fourth-order valence-electron chi connectivity index (χ4n) is 1.61. The van der Waals surface area contributed by atoms with Crippen LogP contribution in [0.15, 0.2) is 30.5 Å². The van der Waals surface area contributed by atoms with Gasteiger partial charge in [0.05, 0.1) is 5.52 Å². The number of hydrogen-bond acceptors (Lipinski definition) is 4. The van der Waals surface area contributed by atoms with Crippen LogP contribution in [0.4, 0.5) is 11.4 Å². The molecule has 2 aromatic rings. The standard InChI is InChI=1S/C12H15N3S/c1-16-7-6-15-11-4-5-14-12-8-9(13)2-3-10(11)12/h2-5,8H,6-7,13H2,1H3,(H,14,15). The second-order valence-electron chi connectivity index (χ2n) is 3.55. The molecule has 0 saturated heterocycles. The number of benzene rings is 1. The van der Waals surface area contributed by atoms with Crippen LogP contribution in [-0.2, 0) is 0 Å². The molecule has 84 valence electrons. The zero-order valence-electron chi connectivity index (χ0n) is 9.23. The maximum absolute atomic E-state index is 5.73. The second kappa shape index (κ2) is 5.07. The predicted octanol–water partition coefficient (Wildman–Crippen LogP) is 2.59. The molecule has 0 amide bonds. The van der Waals surface area contributed by atoms with E-state index < -0.39 is 0 Å². The number of nitrogens with zero attached hydrogens (tertiary/aromatic N) is 1. The highest BCUT2D eigenvalue weighted by Crippen LogP contribution is 2.23. The summed E-state index contributed by atoms with van der Waals surface area (Å²) >= 11 is 1.83. The molecule has 4 heteroatoms. The van der Waals surface area contributed by atoms with Gasteiger partial charge < -0.3 is 11.1 Å². The first kappa shape index (κ1) is 11.1. The number of nitrogens with two attached hydrogens (primary N) is 1. The minimum Gasteiger partial charge on any atom is -0.399 e. The molecule has 0 saturated carbocycles. The third-order valence-electron chi connectivity index (χ3n) is 2.39. The Labute approximate surface area is 99.4 Å². The van der Waals surface area contributed by atoms with E-state index in [4.69, 9.17) is 5.73 Å². The van der Waals surface area contributed by atoms with Crippen LogP contribution in [-0.4, -0.2) is 23.5 Å². The number of aromatic nitrogens is 1. The van der Waals surface area contributed by atoms with Gasteiger partial charge >= 0.3 is 0 Å². The topological polar surface area (TPSA) is 50.9 Å². The Morgan fingerprint density at radius 1 is 1.38 bits per heavy atom. The van der Waals surface area contributed by atoms with Crippen molar-refractivity contribution >= 4 is 34.0 Å². The lowest BCUT2D eigenvalue weighted by molar-refractivity contribution is 1.23. The molecule has 0 aliphatic carbocycles. The van der Waals surface area contributed by atoms with E-state index in [2.05, 4.69) is 16.6 Å². The molecule has 0 bridgehead atoms. The Morgan fingerprint density at radius 2 is 2.25 bits per heavy atom. The van der Waals surface area contributed by atoms with E-state index >= 15 is 0 Å². The van der Waals surface area contributed by atoms with Crippen LogP contribution >= 0.6 is 11.8 Å². The Bertz CT molecular complexity index is 485. The molecular weight excluding hydrogens is 218 g/mol. The summed E-state index contributed by atoms with van der Waals surface area (Å²) in [6.07, 6.45) is 3.91. The SMILES string of the molecule is CSCCNc1ccnc2cc(N)ccc12. The first-order chi connectivity index (χ1) is 7.81. The number of nitrogens with one attached hydrogen (secondary N) is 1. The molecule has 0 atom stereocenters. The molecule has 1 heterocycles. The van der Waals surface area contributed by atoms with Gasteiger partial charge in [-0.15, -0.1) is 0 Å². The van der Waals surface area contributed by atoms with Gasteiger partial charge in [-0.2, -0.15) is 11.8 Å². The van der Waals surface area contributed by atoms with Crippen molar-refractivity contribution in [2.24, 2.45) is 0 Å². The van der Waals surface area contributed by atoms with Crippen LogP contribution in [0.25, 0.3) is 10.9 Å². The molecule has 2 rings (SSSR count). The maximum atomic E-state index is 5.73. The molecule has 0 unspecified atom stereocenters. The third kappa shape index (κ3) is 2.39. The molecule has 3 nitrogen and oxygen atoms in total. The fourth-order valence-corrected chi connectivity index (χ4v) is 1.91. The minimum atomic E-state index is 0.751. The van der Waals surface area contributed by atoms with Crippen molar-refractivity contribution in [1.82, 2.24) is 4.98 Å². The van der Waals surface area contributed by atoms with Gasteiger partial charge in [0.2, 0.25) is 0 Å². The first-order valence-corrected chi connectivity index (χ1v) is 6.57. The summed E-state index contributed by atoms with van der Waals surface area (Å²) in [5, 5.41) is 4.53. The highest BCUT2D eigenvalue weighted by atomic mass is 32.2. The van der Waals surface area contributed by atoms with Gasteiger partial charge in [0.15, 0.2) is 0 Å². The summed E-state index contributed by atoms with van der Waals surface area (Å²) in [6.45, 7) is 0.963. The third-order valence-corrected chi connectivity index (χ3v) is 3.00. The number of fused-ring (bicyclic) bond motifs is 1. The summed E-state index contributed by atoms with van der Waals surface area (Å²) in [6, 6.07) is 7.82. The average Bonchev–Trinajstić information content (AvgIpc) is 2.29. The number of anilines is 2. The monoisotopic (exact) mass is 233 g/mol.